The number of carbonyl (C=O) groups excluding carboxylic acids is 1. The lowest BCUT2D eigenvalue weighted by Gasteiger charge is -1.95. The summed E-state index contributed by atoms with van der Waals surface area (Å²) in [4.78, 5) is 14.9. The van der Waals surface area contributed by atoms with Crippen molar-refractivity contribution in [1.29, 1.82) is 0 Å². The molecule has 0 aliphatic heterocycles. The second-order valence-electron chi connectivity index (χ2n) is 4.45. The van der Waals surface area contributed by atoms with Gasteiger partial charge in [-0.05, 0) is 18.2 Å². The summed E-state index contributed by atoms with van der Waals surface area (Å²) in [7, 11) is 0. The molecule has 3 aromatic rings. The number of nitrogens with one attached hydrogen (secondary N) is 1. The topological polar surface area (TPSA) is 83.6 Å². The Bertz CT molecular complexity index is 854. The standard InChI is InChI=1S/C15H11BrN4O/c16-10-5-3-4-9(8-10)15(21)20-19-14-12-7-2-1-6-11(12)13(17)18-14/h1-8,18H,17H2. The molecule has 0 radical (unpaired) electrons. The van der Waals surface area contributed by atoms with Gasteiger partial charge in [0.25, 0.3) is 5.91 Å². The fourth-order valence-electron chi connectivity index (χ4n) is 2.04. The van der Waals surface area contributed by atoms with Crippen molar-refractivity contribution in [3.63, 3.8) is 0 Å². The van der Waals surface area contributed by atoms with Crippen molar-refractivity contribution in [2.75, 3.05) is 5.73 Å². The van der Waals surface area contributed by atoms with E-state index < -0.39 is 5.91 Å². The Morgan fingerprint density at radius 1 is 1.10 bits per heavy atom. The van der Waals surface area contributed by atoms with Gasteiger partial charge in [0.05, 0.1) is 0 Å². The summed E-state index contributed by atoms with van der Waals surface area (Å²) in [5.74, 6) is 0.578. The maximum Gasteiger partial charge on any atom is 0.295 e. The number of azo groups is 1. The van der Waals surface area contributed by atoms with Crippen molar-refractivity contribution in [2.24, 2.45) is 10.2 Å². The van der Waals surface area contributed by atoms with Crippen molar-refractivity contribution in [3.8, 4) is 0 Å². The number of fused-ring (bicyclic) bond motifs is 1. The van der Waals surface area contributed by atoms with E-state index in [9.17, 15) is 4.79 Å². The van der Waals surface area contributed by atoms with Gasteiger partial charge in [0.15, 0.2) is 5.82 Å². The average Bonchev–Trinajstić information content (AvgIpc) is 2.82. The highest BCUT2D eigenvalue weighted by Crippen LogP contribution is 2.30. The van der Waals surface area contributed by atoms with Crippen LogP contribution < -0.4 is 5.73 Å². The Morgan fingerprint density at radius 3 is 2.62 bits per heavy atom. The van der Waals surface area contributed by atoms with E-state index in [4.69, 9.17) is 5.73 Å². The predicted molar refractivity (Wildman–Crippen MR) is 85.7 cm³/mol. The molecule has 3 N–H and O–H groups in total. The van der Waals surface area contributed by atoms with Crippen molar-refractivity contribution in [3.05, 3.63) is 58.6 Å². The van der Waals surface area contributed by atoms with Crippen LogP contribution in [0.3, 0.4) is 0 Å². The number of benzene rings is 2. The molecule has 21 heavy (non-hydrogen) atoms. The number of hydrogen-bond donors (Lipinski definition) is 2. The molecule has 0 atom stereocenters. The van der Waals surface area contributed by atoms with Crippen LogP contribution >= 0.6 is 15.9 Å². The molecule has 1 amide bonds. The number of nitrogens with zero attached hydrogens (tertiary/aromatic N) is 2. The van der Waals surface area contributed by atoms with Gasteiger partial charge in [-0.3, -0.25) is 4.79 Å². The molecule has 1 aromatic heterocycles. The number of nitrogens with two attached hydrogens (primary N) is 1. The third kappa shape index (κ3) is 2.71. The van der Waals surface area contributed by atoms with Gasteiger partial charge >= 0.3 is 0 Å². The molecule has 0 aliphatic rings. The molecule has 0 bridgehead atoms. The van der Waals surface area contributed by atoms with E-state index in [1.165, 1.54) is 0 Å². The normalized spacial score (nSPS) is 11.3. The first-order valence-electron chi connectivity index (χ1n) is 6.23. The molecule has 1 heterocycles. The summed E-state index contributed by atoms with van der Waals surface area (Å²) in [6.07, 6.45) is 0. The maximum absolute atomic E-state index is 12.0. The Morgan fingerprint density at radius 2 is 1.86 bits per heavy atom. The first kappa shape index (κ1) is 13.5. The molecule has 0 saturated carbocycles. The van der Waals surface area contributed by atoms with Gasteiger partial charge in [-0.15, -0.1) is 10.2 Å². The van der Waals surface area contributed by atoms with Crippen LogP contribution in [0.2, 0.25) is 0 Å². The summed E-state index contributed by atoms with van der Waals surface area (Å²) in [5, 5.41) is 9.43. The lowest BCUT2D eigenvalue weighted by molar-refractivity contribution is 0.0995. The second-order valence-corrected chi connectivity index (χ2v) is 5.36. The van der Waals surface area contributed by atoms with E-state index in [-0.39, 0.29) is 0 Å². The quantitative estimate of drug-likeness (QED) is 0.675. The minimum absolute atomic E-state index is 0.409. The number of anilines is 1. The number of rotatable bonds is 2. The lowest BCUT2D eigenvalue weighted by atomic mass is 10.2. The summed E-state index contributed by atoms with van der Waals surface area (Å²) >= 11 is 3.32. The third-order valence-electron chi connectivity index (χ3n) is 3.04. The zero-order valence-electron chi connectivity index (χ0n) is 10.9. The van der Waals surface area contributed by atoms with E-state index in [1.54, 1.807) is 18.2 Å². The number of amides is 1. The van der Waals surface area contributed by atoms with Crippen molar-refractivity contribution < 1.29 is 4.79 Å². The number of halogens is 1. The number of carbonyl (C=O) groups is 1. The molecule has 3 rings (SSSR count). The summed E-state index contributed by atoms with van der Waals surface area (Å²) in [6, 6.07) is 14.5. The van der Waals surface area contributed by atoms with Crippen molar-refractivity contribution in [1.82, 2.24) is 4.98 Å². The minimum atomic E-state index is -0.409. The summed E-state index contributed by atoms with van der Waals surface area (Å²) < 4.78 is 0.818. The van der Waals surface area contributed by atoms with Crippen LogP contribution in [-0.2, 0) is 0 Å². The van der Waals surface area contributed by atoms with E-state index >= 15 is 0 Å². The molecule has 0 saturated heterocycles. The number of nitrogen functional groups attached to an aromatic ring is 1. The van der Waals surface area contributed by atoms with Crippen molar-refractivity contribution >= 4 is 44.2 Å². The van der Waals surface area contributed by atoms with E-state index in [0.29, 0.717) is 17.2 Å². The van der Waals surface area contributed by atoms with Gasteiger partial charge in [-0.1, -0.05) is 46.3 Å². The highest BCUT2D eigenvalue weighted by Gasteiger charge is 2.08. The van der Waals surface area contributed by atoms with Crippen LogP contribution in [0.25, 0.3) is 10.8 Å². The van der Waals surface area contributed by atoms with E-state index in [1.807, 2.05) is 30.3 Å². The van der Waals surface area contributed by atoms with Crippen molar-refractivity contribution in [2.45, 2.75) is 0 Å². The Hall–Kier alpha value is -2.47. The van der Waals surface area contributed by atoms with Crippen LogP contribution in [0.5, 0.6) is 0 Å². The second kappa shape index (κ2) is 5.49. The number of H-pyrrole nitrogens is 1. The SMILES string of the molecule is Nc1[nH]c(N=NC(=O)c2cccc(Br)c2)c2ccccc12. The van der Waals surface area contributed by atoms with Gasteiger partial charge in [-0.25, -0.2) is 0 Å². The minimum Gasteiger partial charge on any atom is -0.385 e. The molecular weight excluding hydrogens is 332 g/mol. The Labute approximate surface area is 129 Å². The number of hydrogen-bond acceptors (Lipinski definition) is 3. The van der Waals surface area contributed by atoms with E-state index in [2.05, 4.69) is 31.1 Å². The van der Waals surface area contributed by atoms with Gasteiger partial charge in [0, 0.05) is 20.8 Å². The highest BCUT2D eigenvalue weighted by atomic mass is 79.9. The fourth-order valence-corrected chi connectivity index (χ4v) is 2.44. The molecular formula is C15H11BrN4O. The Balaban J connectivity index is 1.93. The molecule has 0 unspecified atom stereocenters. The van der Waals surface area contributed by atoms with Crippen LogP contribution in [0.15, 0.2) is 63.2 Å². The van der Waals surface area contributed by atoms with Crippen LogP contribution in [0, 0.1) is 0 Å². The lowest BCUT2D eigenvalue weighted by Crippen LogP contribution is -1.92. The number of aromatic nitrogens is 1. The van der Waals surface area contributed by atoms with Crippen LogP contribution in [0.1, 0.15) is 10.4 Å². The molecule has 104 valence electrons. The maximum atomic E-state index is 12.0. The summed E-state index contributed by atoms with van der Waals surface area (Å²) in [5.41, 5.74) is 6.34. The molecule has 5 nitrogen and oxygen atoms in total. The van der Waals surface area contributed by atoms with Gasteiger partial charge in [0.1, 0.15) is 5.82 Å². The monoisotopic (exact) mass is 342 g/mol. The number of aromatic amines is 1. The Kier molecular flexibility index (Phi) is 3.53. The zero-order valence-corrected chi connectivity index (χ0v) is 12.5. The third-order valence-corrected chi connectivity index (χ3v) is 3.53. The van der Waals surface area contributed by atoms with Crippen LogP contribution in [0.4, 0.5) is 11.6 Å². The van der Waals surface area contributed by atoms with Gasteiger partial charge < -0.3 is 10.7 Å². The predicted octanol–water partition coefficient (Wildman–Crippen LogP) is 4.44. The molecule has 6 heteroatoms. The fraction of sp³-hybridized carbons (Fsp3) is 0. The first-order chi connectivity index (χ1) is 10.1. The largest absolute Gasteiger partial charge is 0.385 e. The highest BCUT2D eigenvalue weighted by molar-refractivity contribution is 9.10. The average molecular weight is 343 g/mol. The van der Waals surface area contributed by atoms with Gasteiger partial charge in [0.2, 0.25) is 0 Å². The molecule has 0 fully saturated rings. The molecule has 2 aromatic carbocycles. The summed E-state index contributed by atoms with van der Waals surface area (Å²) in [6.45, 7) is 0. The first-order valence-corrected chi connectivity index (χ1v) is 7.02. The van der Waals surface area contributed by atoms with E-state index in [0.717, 1.165) is 15.2 Å². The zero-order chi connectivity index (χ0) is 14.8. The molecule has 0 aliphatic carbocycles. The van der Waals surface area contributed by atoms with Crippen LogP contribution in [-0.4, -0.2) is 10.9 Å². The molecule has 0 spiro atoms. The smallest absolute Gasteiger partial charge is 0.295 e. The van der Waals surface area contributed by atoms with Gasteiger partial charge in [-0.2, -0.15) is 0 Å².